The van der Waals surface area contributed by atoms with Gasteiger partial charge in [-0.1, -0.05) is 193 Å². The summed E-state index contributed by atoms with van der Waals surface area (Å²) in [6, 6.07) is 4.47. The van der Waals surface area contributed by atoms with Gasteiger partial charge in [0.2, 0.25) is 23.7 Å². The molecular formula is C68H121N13O8S. The molecule has 2 aromatic heterocycles. The number of esters is 2. The molecule has 0 radical (unpaired) electrons. The number of benzene rings is 1. The van der Waals surface area contributed by atoms with Gasteiger partial charge in [0, 0.05) is 62.6 Å². The first-order valence-electron chi connectivity index (χ1n) is 35.1. The number of amides is 3. The maximum atomic E-state index is 14.1. The summed E-state index contributed by atoms with van der Waals surface area (Å²) in [5.41, 5.74) is 20.1. The molecule has 22 heteroatoms. The molecule has 3 amide bonds. The number of carbonyl (C=O) groups is 5. The second kappa shape index (κ2) is 52.2. The lowest BCUT2D eigenvalue weighted by Crippen LogP contribution is -2.51. The third-order valence-electron chi connectivity index (χ3n) is 16.0. The molecule has 0 saturated heterocycles. The molecule has 3 atom stereocenters. The minimum absolute atomic E-state index is 0.00694. The molecule has 512 valence electrons. The molecule has 0 saturated carbocycles. The number of nitrogens with zero attached hydrogens (tertiary/aromatic N) is 4. The smallest absolute Gasteiger partial charge is 0.306 e. The zero-order chi connectivity index (χ0) is 65.1. The van der Waals surface area contributed by atoms with E-state index in [-0.39, 0.29) is 79.1 Å². The predicted octanol–water partition coefficient (Wildman–Crippen LogP) is 11.5. The first kappa shape index (κ1) is 78.9. The fraction of sp³-hybridized carbons (Fsp3) is 0.765. The van der Waals surface area contributed by atoms with Gasteiger partial charge < -0.3 is 63.7 Å². The first-order valence-corrected chi connectivity index (χ1v) is 36.3. The average Bonchev–Trinajstić information content (AvgIpc) is 1.70. The highest BCUT2D eigenvalue weighted by Gasteiger charge is 2.26. The lowest BCUT2D eigenvalue weighted by Gasteiger charge is -2.22. The Morgan fingerprint density at radius 3 is 1.69 bits per heavy atom. The molecule has 0 aliphatic carbocycles. The van der Waals surface area contributed by atoms with Gasteiger partial charge in [0.15, 0.2) is 17.0 Å². The summed E-state index contributed by atoms with van der Waals surface area (Å²) in [7, 11) is 0. The van der Waals surface area contributed by atoms with Crippen LogP contribution in [0, 0.1) is 0 Å². The van der Waals surface area contributed by atoms with Gasteiger partial charge in [-0.3, -0.25) is 28.5 Å². The standard InChI is InChI=1S/C68H121N13O8S/c1-4-7-10-12-14-16-18-20-22-24-26-28-30-35-60(83)88-51-56(89-61(84)36-31-29-27-25-23-21-19-17-15-13-11-8-5-2)52-90-53-57(70)65(85)77-58(41-42-59(82)74-48-34-46-72-44-32-33-45-73-49-43-69)66(86)76-55-39-37-54(38-40-55)50-81-64-62(78-68(81)87)63(71)79-67(80-64)75-47-9-6-3/h37-40,56-58,72-73H,4-36,41-53,69-70H2,1-3H3,(H,74,82)(H,76,86)(H,77,85)(H,78,87)(H3,71,75,79,80)/t56?,57-,58-/m0/s1. The number of ether oxygens (including phenoxy) is 2. The van der Waals surface area contributed by atoms with Crippen LogP contribution in [-0.4, -0.2) is 136 Å². The zero-order valence-corrected chi connectivity index (χ0v) is 56.6. The molecule has 90 heavy (non-hydrogen) atoms. The van der Waals surface area contributed by atoms with Crippen molar-refractivity contribution in [2.45, 2.75) is 270 Å². The van der Waals surface area contributed by atoms with Crippen LogP contribution in [0.4, 0.5) is 17.5 Å². The minimum atomic E-state index is -1.13. The second-order valence-corrected chi connectivity index (χ2v) is 25.4. The van der Waals surface area contributed by atoms with E-state index in [1.807, 2.05) is 0 Å². The van der Waals surface area contributed by atoms with Crippen LogP contribution in [0.15, 0.2) is 24.3 Å². The molecule has 0 bridgehead atoms. The minimum Gasteiger partial charge on any atom is -0.480 e. The molecule has 0 aliphatic rings. The summed E-state index contributed by atoms with van der Waals surface area (Å²) < 4.78 is 13.1. The molecule has 3 aromatic rings. The number of anilines is 3. The van der Waals surface area contributed by atoms with Gasteiger partial charge in [-0.05, 0) is 82.3 Å². The van der Waals surface area contributed by atoms with Crippen LogP contribution in [0.5, 0.6) is 6.01 Å². The van der Waals surface area contributed by atoms with Gasteiger partial charge in [0.05, 0.1) is 12.6 Å². The number of aromatic nitrogens is 4. The normalized spacial score (nSPS) is 12.4. The summed E-state index contributed by atoms with van der Waals surface area (Å²) in [5, 5.41) is 29.3. The van der Waals surface area contributed by atoms with E-state index >= 15 is 0 Å². The molecule has 0 aliphatic heterocycles. The second-order valence-electron chi connectivity index (χ2n) is 24.3. The lowest BCUT2D eigenvalue weighted by molar-refractivity contribution is -0.157. The Bertz CT molecular complexity index is 2370. The maximum Gasteiger partial charge on any atom is 0.306 e. The highest BCUT2D eigenvalue weighted by atomic mass is 32.2. The van der Waals surface area contributed by atoms with E-state index in [4.69, 9.17) is 26.7 Å². The topological polar surface area (TPSA) is 318 Å². The highest BCUT2D eigenvalue weighted by molar-refractivity contribution is 7.99. The molecule has 1 aromatic carbocycles. The number of aromatic hydroxyl groups is 1. The van der Waals surface area contributed by atoms with Crippen molar-refractivity contribution in [3.8, 4) is 6.01 Å². The quantitative estimate of drug-likeness (QED) is 0.0185. The number of fused-ring (bicyclic) bond motifs is 1. The largest absolute Gasteiger partial charge is 0.480 e. The van der Waals surface area contributed by atoms with Gasteiger partial charge in [0.25, 0.3) is 6.01 Å². The number of rotatable bonds is 59. The molecule has 2 heterocycles. The number of hydrogen-bond acceptors (Lipinski definition) is 18. The maximum absolute atomic E-state index is 14.1. The van der Waals surface area contributed by atoms with Crippen LogP contribution in [0.3, 0.4) is 0 Å². The Hall–Kier alpha value is -5.29. The van der Waals surface area contributed by atoms with Crippen molar-refractivity contribution in [3.05, 3.63) is 29.8 Å². The SMILES string of the molecule is CCCCCCCCCCCCCCCC(=O)OCC(CSC[C@H](N)C(=O)N[C@@H](CCC(=O)NCCCNCCCCNCCN)C(=O)Nc1ccc(Cn2c(O)nc3c(N)nc(NCCCC)nc32)cc1)OC(=O)CCCCCCCCCCCCCCC. The molecule has 13 N–H and O–H groups in total. The third kappa shape index (κ3) is 37.9. The fourth-order valence-corrected chi connectivity index (χ4v) is 11.5. The summed E-state index contributed by atoms with van der Waals surface area (Å²) in [4.78, 5) is 80.4. The number of nitrogens with one attached hydrogen (secondary N) is 6. The van der Waals surface area contributed by atoms with Crippen molar-refractivity contribution in [3.63, 3.8) is 0 Å². The van der Waals surface area contributed by atoms with Crippen molar-refractivity contribution < 1.29 is 38.6 Å². The molecular weight excluding hydrogens is 1160 g/mol. The first-order chi connectivity index (χ1) is 43.9. The number of unbranched alkanes of at least 4 members (excludes halogenated alkanes) is 26. The van der Waals surface area contributed by atoms with E-state index in [1.165, 1.54) is 138 Å². The van der Waals surface area contributed by atoms with Crippen molar-refractivity contribution in [2.24, 2.45) is 11.5 Å². The van der Waals surface area contributed by atoms with Crippen LogP contribution in [-0.2, 0) is 40.0 Å². The van der Waals surface area contributed by atoms with Crippen molar-refractivity contribution >= 4 is 70.0 Å². The molecule has 0 fully saturated rings. The Morgan fingerprint density at radius 2 is 1.12 bits per heavy atom. The van der Waals surface area contributed by atoms with Gasteiger partial charge >= 0.3 is 11.9 Å². The van der Waals surface area contributed by atoms with Crippen molar-refractivity contribution in [1.82, 2.24) is 40.8 Å². The van der Waals surface area contributed by atoms with Gasteiger partial charge in [-0.2, -0.15) is 26.7 Å². The Labute approximate surface area is 544 Å². The van der Waals surface area contributed by atoms with Crippen LogP contribution >= 0.6 is 11.8 Å². The molecule has 21 nitrogen and oxygen atoms in total. The predicted molar refractivity (Wildman–Crippen MR) is 369 cm³/mol. The van der Waals surface area contributed by atoms with E-state index in [2.05, 4.69) is 67.6 Å². The summed E-state index contributed by atoms with van der Waals surface area (Å²) in [6.45, 7) is 11.7. The Morgan fingerprint density at radius 1 is 0.589 bits per heavy atom. The monoisotopic (exact) mass is 1280 g/mol. The number of hydrogen-bond donors (Lipinski definition) is 10. The number of thioether (sulfide) groups is 1. The summed E-state index contributed by atoms with van der Waals surface area (Å²) in [6.07, 6.45) is 35.7. The number of carbonyl (C=O) groups excluding carboxylic acids is 5. The van der Waals surface area contributed by atoms with Gasteiger partial charge in [0.1, 0.15) is 18.8 Å². The Kier molecular flexibility index (Phi) is 45.8. The highest BCUT2D eigenvalue weighted by Crippen LogP contribution is 2.26. The van der Waals surface area contributed by atoms with Crippen LogP contribution in [0.2, 0.25) is 0 Å². The van der Waals surface area contributed by atoms with Crippen LogP contribution in [0.1, 0.15) is 251 Å². The number of nitrogen functional groups attached to an aromatic ring is 1. The van der Waals surface area contributed by atoms with Crippen molar-refractivity contribution in [2.75, 3.05) is 80.3 Å². The van der Waals surface area contributed by atoms with Gasteiger partial charge in [-0.25, -0.2) is 0 Å². The Balaban J connectivity index is 1.60. The van der Waals surface area contributed by atoms with E-state index in [1.54, 1.807) is 24.3 Å². The third-order valence-corrected chi connectivity index (χ3v) is 17.2. The fourth-order valence-electron chi connectivity index (χ4n) is 10.5. The van der Waals surface area contributed by atoms with Crippen molar-refractivity contribution in [1.29, 1.82) is 0 Å². The average molecular weight is 1280 g/mol. The molecule has 3 rings (SSSR count). The van der Waals surface area contributed by atoms with Gasteiger partial charge in [-0.15, -0.1) is 0 Å². The zero-order valence-electron chi connectivity index (χ0n) is 55.8. The van der Waals surface area contributed by atoms with Crippen LogP contribution in [0.25, 0.3) is 11.2 Å². The summed E-state index contributed by atoms with van der Waals surface area (Å²) >= 11 is 1.29. The lowest BCUT2D eigenvalue weighted by atomic mass is 10.0. The van der Waals surface area contributed by atoms with E-state index in [0.717, 1.165) is 102 Å². The van der Waals surface area contributed by atoms with E-state index in [9.17, 15) is 29.1 Å². The summed E-state index contributed by atoms with van der Waals surface area (Å²) in [5.74, 6) is -1.27. The molecule has 1 unspecified atom stereocenters. The van der Waals surface area contributed by atoms with E-state index < -0.39 is 30.0 Å². The number of nitrogens with two attached hydrogens (primary N) is 3. The number of imidazole rings is 1. The molecule has 0 spiro atoms. The van der Waals surface area contributed by atoms with Crippen LogP contribution < -0.4 is 49.1 Å². The van der Waals surface area contributed by atoms with E-state index in [0.29, 0.717) is 49.8 Å².